The lowest BCUT2D eigenvalue weighted by Gasteiger charge is -2.36. The molecule has 1 rings (SSSR count). The van der Waals surface area contributed by atoms with Crippen LogP contribution in [0.25, 0.3) is 0 Å². The largest absolute Gasteiger partial charge is 0.493 e. The van der Waals surface area contributed by atoms with Gasteiger partial charge in [-0.15, -0.1) is 0 Å². The first-order valence-corrected chi connectivity index (χ1v) is 13.6. The molecule has 0 saturated carbocycles. The van der Waals surface area contributed by atoms with Gasteiger partial charge in [0.1, 0.15) is 6.10 Å². The predicted molar refractivity (Wildman–Crippen MR) is 144 cm³/mol. The second-order valence-electron chi connectivity index (χ2n) is 10.9. The number of ether oxygens (including phenoxy) is 4. The number of carbonyl (C=O) groups is 1. The average molecular weight is 493 g/mol. The molecule has 5 heteroatoms. The van der Waals surface area contributed by atoms with Crippen molar-refractivity contribution in [3.8, 4) is 11.5 Å². The summed E-state index contributed by atoms with van der Waals surface area (Å²) >= 11 is 0. The minimum absolute atomic E-state index is 0.0448. The zero-order chi connectivity index (χ0) is 26.4. The summed E-state index contributed by atoms with van der Waals surface area (Å²) in [7, 11) is 3.38. The van der Waals surface area contributed by atoms with Crippen molar-refractivity contribution >= 4 is 6.47 Å². The lowest BCUT2D eigenvalue weighted by atomic mass is 9.73. The van der Waals surface area contributed by atoms with E-state index in [9.17, 15) is 4.79 Å². The molecule has 0 aliphatic rings. The summed E-state index contributed by atoms with van der Waals surface area (Å²) in [6, 6.07) is 6.28. The van der Waals surface area contributed by atoms with E-state index in [0.29, 0.717) is 55.2 Å². The molecule has 0 heterocycles. The summed E-state index contributed by atoms with van der Waals surface area (Å²) < 4.78 is 22.5. The summed E-state index contributed by atoms with van der Waals surface area (Å²) in [5.74, 6) is 4.40. The molecule has 1 aromatic rings. The Kier molecular flexibility index (Phi) is 15.0. The Bertz CT molecular complexity index is 702. The van der Waals surface area contributed by atoms with Gasteiger partial charge in [-0.05, 0) is 72.5 Å². The zero-order valence-corrected chi connectivity index (χ0v) is 23.8. The van der Waals surface area contributed by atoms with E-state index in [-0.39, 0.29) is 6.10 Å². The Hall–Kier alpha value is -1.75. The van der Waals surface area contributed by atoms with Crippen molar-refractivity contribution in [3.63, 3.8) is 0 Å². The molecule has 0 bridgehead atoms. The maximum absolute atomic E-state index is 11.5. The van der Waals surface area contributed by atoms with Crippen molar-refractivity contribution in [1.82, 2.24) is 0 Å². The third-order valence-corrected chi connectivity index (χ3v) is 7.82. The maximum Gasteiger partial charge on any atom is 0.293 e. The van der Waals surface area contributed by atoms with Crippen LogP contribution in [0.2, 0.25) is 0 Å². The molecule has 0 amide bonds. The SMILES string of the molecule is CCC(C)C(CC(Cc1ccc(OC)c(OCCCOC)c1)C(C)C)C(CC(C)C(C)C)OC=O. The third kappa shape index (κ3) is 10.8. The van der Waals surface area contributed by atoms with Gasteiger partial charge in [-0.2, -0.15) is 0 Å². The molecule has 0 fully saturated rings. The fraction of sp³-hybridized carbons (Fsp3) is 0.767. The molecule has 0 aromatic heterocycles. The van der Waals surface area contributed by atoms with Crippen LogP contribution in [-0.2, 0) is 20.7 Å². The highest BCUT2D eigenvalue weighted by Crippen LogP contribution is 2.37. The van der Waals surface area contributed by atoms with E-state index in [0.717, 1.165) is 43.6 Å². The van der Waals surface area contributed by atoms with Crippen molar-refractivity contribution in [3.05, 3.63) is 23.8 Å². The number of methoxy groups -OCH3 is 2. The summed E-state index contributed by atoms with van der Waals surface area (Å²) in [6.45, 7) is 17.8. The highest BCUT2D eigenvalue weighted by Gasteiger charge is 2.32. The number of carbonyl (C=O) groups excluding carboxylic acids is 1. The molecule has 0 spiro atoms. The average Bonchev–Trinajstić information content (AvgIpc) is 2.83. The zero-order valence-electron chi connectivity index (χ0n) is 23.8. The minimum atomic E-state index is -0.0448. The molecule has 1 aromatic carbocycles. The predicted octanol–water partition coefficient (Wildman–Crippen LogP) is 7.20. The van der Waals surface area contributed by atoms with Crippen LogP contribution < -0.4 is 9.47 Å². The van der Waals surface area contributed by atoms with Gasteiger partial charge in [-0.1, -0.05) is 61.0 Å². The van der Waals surface area contributed by atoms with Crippen molar-refractivity contribution in [2.45, 2.75) is 86.7 Å². The van der Waals surface area contributed by atoms with Crippen molar-refractivity contribution in [1.29, 1.82) is 0 Å². The number of hydrogen-bond acceptors (Lipinski definition) is 5. The van der Waals surface area contributed by atoms with Crippen LogP contribution in [0.15, 0.2) is 18.2 Å². The topological polar surface area (TPSA) is 54.0 Å². The van der Waals surface area contributed by atoms with Gasteiger partial charge in [0.15, 0.2) is 11.5 Å². The lowest BCUT2D eigenvalue weighted by Crippen LogP contribution is -2.34. The first kappa shape index (κ1) is 31.3. The monoisotopic (exact) mass is 492 g/mol. The van der Waals surface area contributed by atoms with E-state index >= 15 is 0 Å². The second kappa shape index (κ2) is 16.8. The normalized spacial score (nSPS) is 16.0. The van der Waals surface area contributed by atoms with Crippen LogP contribution in [0.3, 0.4) is 0 Å². The standard InChI is InChI=1S/C30H52O5/c1-10-23(6)27(29(35-20-31)16-24(7)21(2)3)19-26(22(4)5)17-25-12-13-28(33-9)30(18-25)34-15-11-14-32-8/h12-13,18,20-24,26-27,29H,10-11,14-17,19H2,1-9H3. The first-order chi connectivity index (χ1) is 16.7. The molecule has 35 heavy (non-hydrogen) atoms. The molecule has 0 radical (unpaired) electrons. The van der Waals surface area contributed by atoms with E-state index in [4.69, 9.17) is 18.9 Å². The Morgan fingerprint density at radius 2 is 1.60 bits per heavy atom. The van der Waals surface area contributed by atoms with E-state index < -0.39 is 0 Å². The van der Waals surface area contributed by atoms with Crippen molar-refractivity contribution in [2.75, 3.05) is 27.4 Å². The van der Waals surface area contributed by atoms with E-state index in [1.54, 1.807) is 14.2 Å². The first-order valence-electron chi connectivity index (χ1n) is 13.6. The number of rotatable bonds is 19. The van der Waals surface area contributed by atoms with Gasteiger partial charge in [0, 0.05) is 20.1 Å². The Labute approximate surface area is 215 Å². The molecular formula is C30H52O5. The van der Waals surface area contributed by atoms with Gasteiger partial charge in [0.25, 0.3) is 6.47 Å². The molecule has 202 valence electrons. The molecule has 0 N–H and O–H groups in total. The van der Waals surface area contributed by atoms with Crippen LogP contribution in [0.5, 0.6) is 11.5 Å². The van der Waals surface area contributed by atoms with Gasteiger partial charge in [0.05, 0.1) is 13.7 Å². The lowest BCUT2D eigenvalue weighted by molar-refractivity contribution is -0.139. The van der Waals surface area contributed by atoms with Crippen LogP contribution in [0.1, 0.15) is 79.7 Å². The molecule has 0 aliphatic heterocycles. The van der Waals surface area contributed by atoms with E-state index in [1.807, 2.05) is 6.07 Å². The fourth-order valence-corrected chi connectivity index (χ4v) is 4.68. The molecule has 0 aliphatic carbocycles. The summed E-state index contributed by atoms with van der Waals surface area (Å²) in [6.07, 6.45) is 4.77. The van der Waals surface area contributed by atoms with Crippen LogP contribution in [-0.4, -0.2) is 40.0 Å². The molecule has 5 atom stereocenters. The smallest absolute Gasteiger partial charge is 0.293 e. The van der Waals surface area contributed by atoms with Crippen LogP contribution in [0, 0.1) is 35.5 Å². The third-order valence-electron chi connectivity index (χ3n) is 7.82. The maximum atomic E-state index is 11.5. The van der Waals surface area contributed by atoms with Gasteiger partial charge >= 0.3 is 0 Å². The van der Waals surface area contributed by atoms with Gasteiger partial charge in [-0.25, -0.2) is 0 Å². The van der Waals surface area contributed by atoms with E-state index in [2.05, 4.69) is 60.6 Å². The van der Waals surface area contributed by atoms with Crippen molar-refractivity contribution in [2.24, 2.45) is 35.5 Å². The number of benzene rings is 1. The highest BCUT2D eigenvalue weighted by molar-refractivity contribution is 5.43. The number of hydrogen-bond donors (Lipinski definition) is 0. The Balaban J connectivity index is 3.11. The highest BCUT2D eigenvalue weighted by atomic mass is 16.5. The minimum Gasteiger partial charge on any atom is -0.493 e. The molecule has 0 saturated heterocycles. The molecule has 5 unspecified atom stereocenters. The van der Waals surface area contributed by atoms with Crippen LogP contribution in [0.4, 0.5) is 0 Å². The summed E-state index contributed by atoms with van der Waals surface area (Å²) in [5, 5.41) is 0. The Morgan fingerprint density at radius 3 is 2.14 bits per heavy atom. The van der Waals surface area contributed by atoms with E-state index in [1.165, 1.54) is 5.56 Å². The quantitative estimate of drug-likeness (QED) is 0.151. The Morgan fingerprint density at radius 1 is 0.886 bits per heavy atom. The van der Waals surface area contributed by atoms with Crippen molar-refractivity contribution < 1.29 is 23.7 Å². The van der Waals surface area contributed by atoms with Gasteiger partial charge < -0.3 is 18.9 Å². The van der Waals surface area contributed by atoms with Gasteiger partial charge in [0.2, 0.25) is 0 Å². The summed E-state index contributed by atoms with van der Waals surface area (Å²) in [5.41, 5.74) is 1.25. The summed E-state index contributed by atoms with van der Waals surface area (Å²) in [4.78, 5) is 11.5. The molecular weight excluding hydrogens is 440 g/mol. The van der Waals surface area contributed by atoms with Gasteiger partial charge in [-0.3, -0.25) is 4.79 Å². The molecule has 5 nitrogen and oxygen atoms in total. The second-order valence-corrected chi connectivity index (χ2v) is 10.9. The van der Waals surface area contributed by atoms with Crippen LogP contribution >= 0.6 is 0 Å². The fourth-order valence-electron chi connectivity index (χ4n) is 4.68.